The summed E-state index contributed by atoms with van der Waals surface area (Å²) in [6.45, 7) is 6.70. The molecule has 0 aromatic rings. The maximum absolute atomic E-state index is 11.8. The maximum atomic E-state index is 11.8. The molecule has 0 aromatic carbocycles. The minimum atomic E-state index is -0.221. The van der Waals surface area contributed by atoms with Crippen LogP contribution < -0.4 is 5.32 Å². The number of carbonyl (C=O) groups excluding carboxylic acids is 1. The molecule has 0 spiro atoms. The lowest BCUT2D eigenvalue weighted by Gasteiger charge is -2.22. The zero-order valence-corrected chi connectivity index (χ0v) is 13.2. The van der Waals surface area contributed by atoms with Crippen LogP contribution >= 0.6 is 0 Å². The topological polar surface area (TPSA) is 47.6 Å². The van der Waals surface area contributed by atoms with Gasteiger partial charge in [-0.15, -0.1) is 0 Å². The van der Waals surface area contributed by atoms with Gasteiger partial charge in [-0.25, -0.2) is 0 Å². The number of nitrogens with one attached hydrogen (secondary N) is 1. The van der Waals surface area contributed by atoms with Crippen LogP contribution in [-0.4, -0.2) is 38.4 Å². The number of esters is 1. The zero-order valence-electron chi connectivity index (χ0n) is 13.2. The third-order valence-corrected chi connectivity index (χ3v) is 3.84. The van der Waals surface area contributed by atoms with Gasteiger partial charge in [0.25, 0.3) is 0 Å². The predicted octanol–water partition coefficient (Wildman–Crippen LogP) is 2.90. The first kappa shape index (κ1) is 17.4. The summed E-state index contributed by atoms with van der Waals surface area (Å²) in [4.78, 5) is 11.8. The van der Waals surface area contributed by atoms with Gasteiger partial charge in [-0.2, -0.15) is 0 Å². The molecule has 1 fully saturated rings. The summed E-state index contributed by atoms with van der Waals surface area (Å²) in [7, 11) is 0. The van der Waals surface area contributed by atoms with Crippen molar-refractivity contribution in [3.8, 4) is 0 Å². The van der Waals surface area contributed by atoms with Crippen LogP contribution in [-0.2, 0) is 14.3 Å². The van der Waals surface area contributed by atoms with E-state index in [0.717, 1.165) is 25.5 Å². The number of hydrogen-bond acceptors (Lipinski definition) is 4. The van der Waals surface area contributed by atoms with Crippen LogP contribution in [0.1, 0.15) is 58.8 Å². The molecule has 1 N–H and O–H groups in total. The average Bonchev–Trinajstić information content (AvgIpc) is 2.47. The number of ether oxygens (including phenoxy) is 2. The second-order valence-electron chi connectivity index (χ2n) is 5.63. The second kappa shape index (κ2) is 11.1. The first-order valence-electron chi connectivity index (χ1n) is 8.25. The van der Waals surface area contributed by atoms with Crippen molar-refractivity contribution in [1.29, 1.82) is 0 Å². The van der Waals surface area contributed by atoms with E-state index < -0.39 is 0 Å². The van der Waals surface area contributed by atoms with Crippen LogP contribution in [0.5, 0.6) is 0 Å². The van der Waals surface area contributed by atoms with E-state index in [1.54, 1.807) is 0 Å². The van der Waals surface area contributed by atoms with Crippen molar-refractivity contribution in [3.63, 3.8) is 0 Å². The monoisotopic (exact) mass is 285 g/mol. The Morgan fingerprint density at radius 3 is 2.65 bits per heavy atom. The fraction of sp³-hybridized carbons (Fsp3) is 0.938. The van der Waals surface area contributed by atoms with Crippen LogP contribution in [0.4, 0.5) is 0 Å². The van der Waals surface area contributed by atoms with Gasteiger partial charge in [0.05, 0.1) is 6.61 Å². The van der Waals surface area contributed by atoms with E-state index >= 15 is 0 Å². The van der Waals surface area contributed by atoms with E-state index in [0.29, 0.717) is 19.6 Å². The standard InChI is InChI=1S/C16H31NO3/c1-3-11-17-15(16(18)20-4-2)10-12-19-13-14-8-6-5-7-9-14/h14-15,17H,3-13H2,1-2H3. The van der Waals surface area contributed by atoms with Gasteiger partial charge in [-0.1, -0.05) is 26.2 Å². The summed E-state index contributed by atoms with van der Waals surface area (Å²) in [6.07, 6.45) is 8.38. The number of hydrogen-bond donors (Lipinski definition) is 1. The third kappa shape index (κ3) is 7.25. The average molecular weight is 285 g/mol. The molecule has 1 aliphatic carbocycles. The van der Waals surface area contributed by atoms with E-state index in [4.69, 9.17) is 9.47 Å². The molecule has 4 nitrogen and oxygen atoms in total. The molecule has 4 heteroatoms. The Balaban J connectivity index is 2.17. The Kier molecular flexibility index (Phi) is 9.67. The molecule has 0 radical (unpaired) electrons. The summed E-state index contributed by atoms with van der Waals surface area (Å²) in [5.41, 5.74) is 0. The Labute approximate surface area is 123 Å². The van der Waals surface area contributed by atoms with Crippen molar-refractivity contribution >= 4 is 5.97 Å². The molecule has 1 atom stereocenters. The number of rotatable bonds is 10. The molecule has 1 unspecified atom stereocenters. The van der Waals surface area contributed by atoms with Gasteiger partial charge in [-0.05, 0) is 45.1 Å². The van der Waals surface area contributed by atoms with Gasteiger partial charge >= 0.3 is 5.97 Å². The predicted molar refractivity (Wildman–Crippen MR) is 80.7 cm³/mol. The smallest absolute Gasteiger partial charge is 0.323 e. The Bertz CT molecular complexity index is 252. The molecular formula is C16H31NO3. The van der Waals surface area contributed by atoms with Crippen molar-refractivity contribution in [2.24, 2.45) is 5.92 Å². The van der Waals surface area contributed by atoms with E-state index in [2.05, 4.69) is 12.2 Å². The van der Waals surface area contributed by atoms with Crippen LogP contribution in [0, 0.1) is 5.92 Å². The molecule has 1 rings (SSSR count). The Hall–Kier alpha value is -0.610. The lowest BCUT2D eigenvalue weighted by molar-refractivity contribution is -0.146. The van der Waals surface area contributed by atoms with E-state index in [1.807, 2.05) is 6.92 Å². The van der Waals surface area contributed by atoms with Gasteiger partial charge < -0.3 is 14.8 Å². The summed E-state index contributed by atoms with van der Waals surface area (Å²) < 4.78 is 10.9. The zero-order chi connectivity index (χ0) is 14.6. The molecule has 20 heavy (non-hydrogen) atoms. The summed E-state index contributed by atoms with van der Waals surface area (Å²) >= 11 is 0. The van der Waals surface area contributed by atoms with Gasteiger partial charge in [-0.3, -0.25) is 4.79 Å². The Morgan fingerprint density at radius 2 is 2.00 bits per heavy atom. The van der Waals surface area contributed by atoms with E-state index in [1.165, 1.54) is 32.1 Å². The van der Waals surface area contributed by atoms with Crippen molar-refractivity contribution in [1.82, 2.24) is 5.32 Å². The summed E-state index contributed by atoms with van der Waals surface area (Å²) in [5, 5.41) is 3.24. The van der Waals surface area contributed by atoms with Gasteiger partial charge in [0.2, 0.25) is 0 Å². The van der Waals surface area contributed by atoms with Crippen LogP contribution in [0.25, 0.3) is 0 Å². The molecule has 0 amide bonds. The quantitative estimate of drug-likeness (QED) is 0.495. The summed E-state index contributed by atoms with van der Waals surface area (Å²) in [5.74, 6) is 0.579. The molecule has 0 heterocycles. The SMILES string of the molecule is CCCNC(CCOCC1CCCCC1)C(=O)OCC. The molecular weight excluding hydrogens is 254 g/mol. The molecule has 0 aliphatic heterocycles. The minimum Gasteiger partial charge on any atom is -0.465 e. The molecule has 1 aliphatic rings. The Morgan fingerprint density at radius 1 is 1.25 bits per heavy atom. The maximum Gasteiger partial charge on any atom is 0.323 e. The van der Waals surface area contributed by atoms with E-state index in [9.17, 15) is 4.79 Å². The first-order chi connectivity index (χ1) is 9.77. The number of carbonyl (C=O) groups is 1. The fourth-order valence-corrected chi connectivity index (χ4v) is 2.67. The molecule has 0 saturated heterocycles. The molecule has 0 aromatic heterocycles. The van der Waals surface area contributed by atoms with Crippen LogP contribution in [0.3, 0.4) is 0 Å². The highest BCUT2D eigenvalue weighted by molar-refractivity contribution is 5.75. The minimum absolute atomic E-state index is 0.151. The molecule has 0 bridgehead atoms. The van der Waals surface area contributed by atoms with Crippen molar-refractivity contribution < 1.29 is 14.3 Å². The normalized spacial score (nSPS) is 17.9. The van der Waals surface area contributed by atoms with Gasteiger partial charge in [0.15, 0.2) is 0 Å². The highest BCUT2D eigenvalue weighted by atomic mass is 16.5. The van der Waals surface area contributed by atoms with Crippen LogP contribution in [0.2, 0.25) is 0 Å². The van der Waals surface area contributed by atoms with Crippen molar-refractivity contribution in [3.05, 3.63) is 0 Å². The van der Waals surface area contributed by atoms with E-state index in [-0.39, 0.29) is 12.0 Å². The van der Waals surface area contributed by atoms with Gasteiger partial charge in [0.1, 0.15) is 6.04 Å². The second-order valence-corrected chi connectivity index (χ2v) is 5.63. The lowest BCUT2D eigenvalue weighted by atomic mass is 9.90. The first-order valence-corrected chi connectivity index (χ1v) is 8.25. The molecule has 1 saturated carbocycles. The lowest BCUT2D eigenvalue weighted by Crippen LogP contribution is -2.39. The van der Waals surface area contributed by atoms with Gasteiger partial charge in [0, 0.05) is 13.2 Å². The third-order valence-electron chi connectivity index (χ3n) is 3.84. The van der Waals surface area contributed by atoms with Crippen molar-refractivity contribution in [2.45, 2.75) is 64.8 Å². The van der Waals surface area contributed by atoms with Crippen LogP contribution in [0.15, 0.2) is 0 Å². The highest BCUT2D eigenvalue weighted by Gasteiger charge is 2.19. The fourth-order valence-electron chi connectivity index (χ4n) is 2.67. The molecule has 118 valence electrons. The summed E-state index contributed by atoms with van der Waals surface area (Å²) in [6, 6.07) is -0.221. The highest BCUT2D eigenvalue weighted by Crippen LogP contribution is 2.23. The van der Waals surface area contributed by atoms with Crippen molar-refractivity contribution in [2.75, 3.05) is 26.4 Å². The largest absolute Gasteiger partial charge is 0.465 e.